The van der Waals surface area contributed by atoms with Crippen molar-refractivity contribution in [3.05, 3.63) is 117 Å². The molecule has 0 aromatic heterocycles. The summed E-state index contributed by atoms with van der Waals surface area (Å²) >= 11 is 0. The number of hydrogen-bond donors (Lipinski definition) is 4. The number of carbonyl (C=O) groups is 5. The Morgan fingerprint density at radius 3 is 2.04 bits per heavy atom. The van der Waals surface area contributed by atoms with Gasteiger partial charge in [-0.1, -0.05) is 54.6 Å². The standard InChI is InChI=1S/C53H64N6O13/c1-36-44(60)31-45(61)48(49(36)72-35-37-6-3-2-4-7-37)52(65)58-33-39-11-10-38(30-40(39)34-58)32-57-17-15-56(16-18-57)19-21-68-23-25-70-27-29-71-28-26-69-24-22-67-20-14-54-42-9-5-8-41-47(42)53(66)59(51(41)64)43-12-13-46(62)55-50(43)63/h2-11,30-31,43,54,60-61H,12-29,32-35H2,1H3,(H,55,62,63). The van der Waals surface area contributed by atoms with Crippen molar-refractivity contribution in [1.82, 2.24) is 24.9 Å². The average Bonchev–Trinajstić information content (AvgIpc) is 3.92. The number of imide groups is 2. The maximum Gasteiger partial charge on any atom is 0.264 e. The first-order valence-corrected chi connectivity index (χ1v) is 24.6. The Bertz CT molecular complexity index is 2550. The molecule has 1 atom stereocenters. The van der Waals surface area contributed by atoms with E-state index in [1.54, 1.807) is 30.0 Å². The van der Waals surface area contributed by atoms with Gasteiger partial charge in [-0.3, -0.25) is 44.0 Å². The van der Waals surface area contributed by atoms with E-state index in [-0.39, 0.29) is 59.3 Å². The van der Waals surface area contributed by atoms with E-state index in [9.17, 15) is 34.2 Å². The number of fused-ring (bicyclic) bond motifs is 2. The Balaban J connectivity index is 0.617. The van der Waals surface area contributed by atoms with Crippen molar-refractivity contribution in [3.63, 3.8) is 0 Å². The molecule has 0 saturated carbocycles. The molecule has 0 aliphatic carbocycles. The van der Waals surface area contributed by atoms with E-state index in [1.807, 2.05) is 30.3 Å². The minimum absolute atomic E-state index is 0.0548. The summed E-state index contributed by atoms with van der Waals surface area (Å²) < 4.78 is 34.4. The summed E-state index contributed by atoms with van der Waals surface area (Å²) in [6.07, 6.45) is 0.158. The van der Waals surface area contributed by atoms with Crippen molar-refractivity contribution >= 4 is 35.2 Å². The van der Waals surface area contributed by atoms with Crippen LogP contribution in [0.2, 0.25) is 0 Å². The largest absolute Gasteiger partial charge is 0.507 e. The first-order chi connectivity index (χ1) is 35.0. The lowest BCUT2D eigenvalue weighted by atomic mass is 10.0. The molecule has 4 aromatic carbocycles. The van der Waals surface area contributed by atoms with Gasteiger partial charge >= 0.3 is 0 Å². The van der Waals surface area contributed by atoms with Crippen LogP contribution in [0, 0.1) is 6.92 Å². The molecule has 0 radical (unpaired) electrons. The summed E-state index contributed by atoms with van der Waals surface area (Å²) in [5, 5.41) is 26.7. The topological polar surface area (TPSA) is 218 Å². The van der Waals surface area contributed by atoms with Crippen molar-refractivity contribution in [3.8, 4) is 17.2 Å². The Morgan fingerprint density at radius 1 is 0.694 bits per heavy atom. The van der Waals surface area contributed by atoms with Crippen molar-refractivity contribution in [2.45, 2.75) is 52.0 Å². The number of amides is 5. The number of nitrogens with one attached hydrogen (secondary N) is 2. The smallest absolute Gasteiger partial charge is 0.264 e. The number of piperazine rings is 1. The van der Waals surface area contributed by atoms with Crippen LogP contribution in [-0.2, 0) is 59.5 Å². The number of aromatic hydroxyl groups is 2. The maximum atomic E-state index is 13.9. The third-order valence-electron chi connectivity index (χ3n) is 13.1. The van der Waals surface area contributed by atoms with Gasteiger partial charge in [0.25, 0.3) is 17.7 Å². The predicted molar refractivity (Wildman–Crippen MR) is 263 cm³/mol. The maximum absolute atomic E-state index is 13.9. The quantitative estimate of drug-likeness (QED) is 0.0519. The highest BCUT2D eigenvalue weighted by Crippen LogP contribution is 2.40. The van der Waals surface area contributed by atoms with E-state index in [1.165, 1.54) is 11.6 Å². The monoisotopic (exact) mass is 992 g/mol. The van der Waals surface area contributed by atoms with Gasteiger partial charge in [0, 0.05) is 82.6 Å². The number of nitrogens with zero attached hydrogens (tertiary/aromatic N) is 4. The Hall–Kier alpha value is -6.45. The van der Waals surface area contributed by atoms with Crippen molar-refractivity contribution in [2.24, 2.45) is 0 Å². The molecule has 384 valence electrons. The average molecular weight is 993 g/mol. The zero-order chi connectivity index (χ0) is 50.4. The lowest BCUT2D eigenvalue weighted by Gasteiger charge is -2.34. The van der Waals surface area contributed by atoms with Crippen LogP contribution in [0.5, 0.6) is 17.2 Å². The van der Waals surface area contributed by atoms with Crippen LogP contribution in [0.4, 0.5) is 5.69 Å². The molecule has 1 unspecified atom stereocenters. The molecule has 4 aliphatic heterocycles. The first-order valence-electron chi connectivity index (χ1n) is 24.6. The first kappa shape index (κ1) is 51.9. The molecule has 72 heavy (non-hydrogen) atoms. The van der Waals surface area contributed by atoms with Crippen LogP contribution in [-0.4, -0.2) is 171 Å². The third kappa shape index (κ3) is 13.1. The van der Waals surface area contributed by atoms with Crippen molar-refractivity contribution in [2.75, 3.05) is 111 Å². The molecule has 4 N–H and O–H groups in total. The summed E-state index contributed by atoms with van der Waals surface area (Å²) in [5.41, 5.74) is 5.61. The van der Waals surface area contributed by atoms with Crippen LogP contribution in [0.15, 0.2) is 72.8 Å². The van der Waals surface area contributed by atoms with Crippen LogP contribution in [0.3, 0.4) is 0 Å². The number of phenolic OH excluding ortho intramolecular Hbond substituents is 2. The van der Waals surface area contributed by atoms with E-state index in [0.29, 0.717) is 97.0 Å². The molecule has 2 saturated heterocycles. The van der Waals surface area contributed by atoms with Crippen LogP contribution < -0.4 is 15.4 Å². The van der Waals surface area contributed by atoms with Crippen molar-refractivity contribution in [1.29, 1.82) is 0 Å². The normalized spacial score (nSPS) is 17.1. The highest BCUT2D eigenvalue weighted by molar-refractivity contribution is 6.25. The Kier molecular flexibility index (Phi) is 18.2. The van der Waals surface area contributed by atoms with Gasteiger partial charge in [0.2, 0.25) is 11.8 Å². The van der Waals surface area contributed by atoms with E-state index in [4.69, 9.17) is 28.4 Å². The highest BCUT2D eigenvalue weighted by atomic mass is 16.6. The van der Waals surface area contributed by atoms with Crippen molar-refractivity contribution < 1.29 is 62.6 Å². The molecule has 4 heterocycles. The molecule has 8 rings (SSSR count). The van der Waals surface area contributed by atoms with E-state index < -0.39 is 29.7 Å². The second-order valence-corrected chi connectivity index (χ2v) is 18.1. The van der Waals surface area contributed by atoms with E-state index >= 15 is 0 Å². The second kappa shape index (κ2) is 25.3. The zero-order valence-corrected chi connectivity index (χ0v) is 40.7. The fourth-order valence-corrected chi connectivity index (χ4v) is 9.22. The number of ether oxygens (including phenoxy) is 6. The molecule has 4 aliphatic rings. The number of carbonyl (C=O) groups excluding carboxylic acids is 5. The Labute approximate surface area is 418 Å². The number of phenols is 2. The lowest BCUT2D eigenvalue weighted by molar-refractivity contribution is -0.136. The number of anilines is 1. The van der Waals surface area contributed by atoms with Gasteiger partial charge in [-0.15, -0.1) is 0 Å². The molecular formula is C53H64N6O13. The number of benzene rings is 4. The van der Waals surface area contributed by atoms with Gasteiger partial charge in [-0.25, -0.2) is 0 Å². The van der Waals surface area contributed by atoms with E-state index in [2.05, 4.69) is 38.6 Å². The third-order valence-corrected chi connectivity index (χ3v) is 13.1. The SMILES string of the molecule is Cc1c(O)cc(O)c(C(=O)N2Cc3ccc(CN4CCN(CCOCCOCCOCCOCCOCCNc5cccc6c5C(=O)N(C5CCC(=O)NC5=O)C6=O)CC4)cc3C2)c1OCc1ccccc1. The summed E-state index contributed by atoms with van der Waals surface area (Å²) in [6, 6.07) is 21.1. The summed E-state index contributed by atoms with van der Waals surface area (Å²) in [6.45, 7) is 13.0. The highest BCUT2D eigenvalue weighted by Gasteiger charge is 2.45. The Morgan fingerprint density at radius 2 is 1.35 bits per heavy atom. The molecular weight excluding hydrogens is 929 g/mol. The molecule has 5 amide bonds. The molecule has 0 bridgehead atoms. The predicted octanol–water partition coefficient (Wildman–Crippen LogP) is 3.86. The molecule has 19 heteroatoms. The van der Waals surface area contributed by atoms with Crippen LogP contribution in [0.1, 0.15) is 71.7 Å². The van der Waals surface area contributed by atoms with Gasteiger partial charge in [-0.2, -0.15) is 0 Å². The van der Waals surface area contributed by atoms with Gasteiger partial charge in [0.05, 0.1) is 77.2 Å². The molecule has 0 spiro atoms. The van der Waals surface area contributed by atoms with Gasteiger partial charge in [0.1, 0.15) is 35.5 Å². The van der Waals surface area contributed by atoms with Gasteiger partial charge < -0.3 is 48.9 Å². The van der Waals surface area contributed by atoms with Gasteiger partial charge in [0.15, 0.2) is 0 Å². The minimum atomic E-state index is -1.02. The number of piperidine rings is 1. The van der Waals surface area contributed by atoms with E-state index in [0.717, 1.165) is 60.9 Å². The van der Waals surface area contributed by atoms with Crippen LogP contribution >= 0.6 is 0 Å². The zero-order valence-electron chi connectivity index (χ0n) is 40.7. The minimum Gasteiger partial charge on any atom is -0.507 e. The molecule has 4 aromatic rings. The number of rotatable bonds is 26. The number of hydrogen-bond acceptors (Lipinski definition) is 16. The summed E-state index contributed by atoms with van der Waals surface area (Å²) in [7, 11) is 0. The summed E-state index contributed by atoms with van der Waals surface area (Å²) in [5.74, 6) is -2.79. The van der Waals surface area contributed by atoms with Crippen LogP contribution in [0.25, 0.3) is 0 Å². The fraction of sp³-hybridized carbons (Fsp3) is 0.453. The fourth-order valence-electron chi connectivity index (χ4n) is 9.22. The van der Waals surface area contributed by atoms with Gasteiger partial charge in [-0.05, 0) is 47.7 Å². The second-order valence-electron chi connectivity index (χ2n) is 18.1. The molecule has 19 nitrogen and oxygen atoms in total. The summed E-state index contributed by atoms with van der Waals surface area (Å²) in [4.78, 5) is 71.6. The molecule has 2 fully saturated rings. The lowest BCUT2D eigenvalue weighted by Crippen LogP contribution is -2.54.